The van der Waals surface area contributed by atoms with Crippen LogP contribution in [0.25, 0.3) is 0 Å². The Balaban J connectivity index is 1.79. The number of aryl methyl sites for hydroxylation is 1. The molecule has 19 heavy (non-hydrogen) atoms. The van der Waals surface area contributed by atoms with Crippen LogP contribution in [0.1, 0.15) is 29.9 Å². The summed E-state index contributed by atoms with van der Waals surface area (Å²) in [6.45, 7) is 3.46. The van der Waals surface area contributed by atoms with E-state index in [0.29, 0.717) is 0 Å². The number of carboxylic acid groups (broad SMARTS) is 1. The van der Waals surface area contributed by atoms with E-state index < -0.39 is 5.97 Å². The number of hydrogen-bond acceptors (Lipinski definition) is 3. The fraction of sp³-hybridized carbons (Fsp3) is 0.533. The van der Waals surface area contributed by atoms with E-state index in [2.05, 4.69) is 23.1 Å². The summed E-state index contributed by atoms with van der Waals surface area (Å²) in [6, 6.07) is 6.49. The second kappa shape index (κ2) is 5.21. The molecular formula is C15H19NO3. The molecule has 1 N–H and O–H groups in total. The Labute approximate surface area is 113 Å². The van der Waals surface area contributed by atoms with Crippen LogP contribution in [-0.4, -0.2) is 37.4 Å². The maximum atomic E-state index is 10.9. The van der Waals surface area contributed by atoms with Gasteiger partial charge in [-0.2, -0.15) is 0 Å². The Morgan fingerprint density at radius 2 is 2.16 bits per heavy atom. The maximum absolute atomic E-state index is 10.9. The molecule has 0 amide bonds. The number of fused-ring (bicyclic) bond motifs is 1. The van der Waals surface area contributed by atoms with E-state index in [9.17, 15) is 4.79 Å². The van der Waals surface area contributed by atoms with Crippen molar-refractivity contribution in [2.45, 2.75) is 25.2 Å². The van der Waals surface area contributed by atoms with Crippen LogP contribution >= 0.6 is 0 Å². The third-order valence-corrected chi connectivity index (χ3v) is 4.13. The van der Waals surface area contributed by atoms with Crippen molar-refractivity contribution in [1.29, 1.82) is 0 Å². The highest BCUT2D eigenvalue weighted by Crippen LogP contribution is 2.37. The number of ether oxygens (including phenoxy) is 1. The van der Waals surface area contributed by atoms with Crippen molar-refractivity contribution in [3.05, 3.63) is 29.3 Å². The van der Waals surface area contributed by atoms with Crippen LogP contribution in [0.5, 0.6) is 0 Å². The van der Waals surface area contributed by atoms with Crippen LogP contribution in [0.4, 0.5) is 5.69 Å². The summed E-state index contributed by atoms with van der Waals surface area (Å²) in [5, 5.41) is 8.94. The summed E-state index contributed by atoms with van der Waals surface area (Å²) in [6.07, 6.45) is 2.23. The molecular weight excluding hydrogens is 242 g/mol. The predicted molar refractivity (Wildman–Crippen MR) is 72.8 cm³/mol. The number of morpholine rings is 1. The molecule has 1 unspecified atom stereocenters. The summed E-state index contributed by atoms with van der Waals surface area (Å²) in [5.74, 6) is -0.499. The van der Waals surface area contributed by atoms with Crippen molar-refractivity contribution in [3.63, 3.8) is 0 Å². The monoisotopic (exact) mass is 261 g/mol. The summed E-state index contributed by atoms with van der Waals surface area (Å²) in [7, 11) is 0. The minimum atomic E-state index is -0.699. The molecule has 0 radical (unpaired) electrons. The molecule has 1 aliphatic carbocycles. The lowest BCUT2D eigenvalue weighted by atomic mass is 9.97. The normalized spacial score (nSPS) is 22.3. The Hall–Kier alpha value is -1.55. The first-order valence-electron chi connectivity index (χ1n) is 6.91. The van der Waals surface area contributed by atoms with E-state index in [1.807, 2.05) is 0 Å². The maximum Gasteiger partial charge on any atom is 0.303 e. The van der Waals surface area contributed by atoms with Crippen LogP contribution in [0, 0.1) is 0 Å². The summed E-state index contributed by atoms with van der Waals surface area (Å²) < 4.78 is 5.37. The zero-order chi connectivity index (χ0) is 13.2. The first-order valence-corrected chi connectivity index (χ1v) is 6.91. The first kappa shape index (κ1) is 12.5. The van der Waals surface area contributed by atoms with E-state index in [4.69, 9.17) is 9.84 Å². The largest absolute Gasteiger partial charge is 0.481 e. The minimum Gasteiger partial charge on any atom is -0.481 e. The third kappa shape index (κ3) is 2.59. The highest BCUT2D eigenvalue weighted by molar-refractivity contribution is 5.68. The minimum absolute atomic E-state index is 0.200. The van der Waals surface area contributed by atoms with E-state index in [0.717, 1.165) is 39.1 Å². The van der Waals surface area contributed by atoms with Gasteiger partial charge in [0.05, 0.1) is 19.6 Å². The molecule has 4 nitrogen and oxygen atoms in total. The quantitative estimate of drug-likeness (QED) is 0.904. The SMILES string of the molecule is O=C(O)CC1CCc2cc(N3CCOCC3)ccc21. The molecule has 4 heteroatoms. The number of aliphatic carboxylic acids is 1. The average Bonchev–Trinajstić information content (AvgIpc) is 2.81. The number of carbonyl (C=O) groups is 1. The van der Waals surface area contributed by atoms with Gasteiger partial charge in [0.25, 0.3) is 0 Å². The molecule has 102 valence electrons. The number of anilines is 1. The van der Waals surface area contributed by atoms with E-state index >= 15 is 0 Å². The second-order valence-corrected chi connectivity index (χ2v) is 5.32. The van der Waals surface area contributed by atoms with Crippen molar-refractivity contribution in [3.8, 4) is 0 Å². The highest BCUT2D eigenvalue weighted by atomic mass is 16.5. The van der Waals surface area contributed by atoms with Crippen LogP contribution in [-0.2, 0) is 16.0 Å². The van der Waals surface area contributed by atoms with Gasteiger partial charge in [0.15, 0.2) is 0 Å². The topological polar surface area (TPSA) is 49.8 Å². The Morgan fingerprint density at radius 3 is 2.89 bits per heavy atom. The van der Waals surface area contributed by atoms with Crippen LogP contribution in [0.15, 0.2) is 18.2 Å². The molecule has 2 aliphatic rings. The number of carboxylic acids is 1. The van der Waals surface area contributed by atoms with Gasteiger partial charge >= 0.3 is 5.97 Å². The van der Waals surface area contributed by atoms with Gasteiger partial charge in [-0.15, -0.1) is 0 Å². The van der Waals surface area contributed by atoms with E-state index in [-0.39, 0.29) is 12.3 Å². The third-order valence-electron chi connectivity index (χ3n) is 4.13. The molecule has 0 bridgehead atoms. The molecule has 1 aliphatic heterocycles. The molecule has 1 saturated heterocycles. The Bertz CT molecular complexity index is 480. The molecule has 1 aromatic carbocycles. The van der Waals surface area contributed by atoms with Crippen molar-refractivity contribution in [2.24, 2.45) is 0 Å². The number of benzene rings is 1. The zero-order valence-electron chi connectivity index (χ0n) is 11.0. The zero-order valence-corrected chi connectivity index (χ0v) is 11.0. The molecule has 3 rings (SSSR count). The molecule has 1 atom stereocenters. The van der Waals surface area contributed by atoms with Gasteiger partial charge in [-0.1, -0.05) is 6.07 Å². The molecule has 0 saturated carbocycles. The van der Waals surface area contributed by atoms with Crippen LogP contribution in [0.3, 0.4) is 0 Å². The highest BCUT2D eigenvalue weighted by Gasteiger charge is 2.25. The molecule has 1 heterocycles. The predicted octanol–water partition coefficient (Wildman–Crippen LogP) is 2.03. The fourth-order valence-corrected chi connectivity index (χ4v) is 3.13. The first-order chi connectivity index (χ1) is 9.24. The smallest absolute Gasteiger partial charge is 0.303 e. The molecule has 1 aromatic rings. The standard InChI is InChI=1S/C15H19NO3/c17-15(18)10-12-2-1-11-9-13(3-4-14(11)12)16-5-7-19-8-6-16/h3-4,9,12H,1-2,5-8,10H2,(H,17,18). The van der Waals surface area contributed by atoms with Gasteiger partial charge in [0, 0.05) is 18.8 Å². The summed E-state index contributed by atoms with van der Waals surface area (Å²) in [5.41, 5.74) is 3.81. The molecule has 1 fully saturated rings. The van der Waals surface area contributed by atoms with Gasteiger partial charge in [-0.05, 0) is 42.0 Å². The van der Waals surface area contributed by atoms with Crippen LogP contribution < -0.4 is 4.90 Å². The van der Waals surface area contributed by atoms with E-state index in [1.54, 1.807) is 0 Å². The van der Waals surface area contributed by atoms with Crippen molar-refractivity contribution < 1.29 is 14.6 Å². The Kier molecular flexibility index (Phi) is 3.42. The van der Waals surface area contributed by atoms with E-state index in [1.165, 1.54) is 16.8 Å². The van der Waals surface area contributed by atoms with Crippen molar-refractivity contribution in [2.75, 3.05) is 31.2 Å². The number of rotatable bonds is 3. The lowest BCUT2D eigenvalue weighted by Gasteiger charge is -2.29. The van der Waals surface area contributed by atoms with Gasteiger partial charge in [0.1, 0.15) is 0 Å². The Morgan fingerprint density at radius 1 is 1.37 bits per heavy atom. The van der Waals surface area contributed by atoms with Gasteiger partial charge < -0.3 is 14.7 Å². The van der Waals surface area contributed by atoms with Gasteiger partial charge in [-0.25, -0.2) is 0 Å². The second-order valence-electron chi connectivity index (χ2n) is 5.32. The van der Waals surface area contributed by atoms with Gasteiger partial charge in [-0.3, -0.25) is 4.79 Å². The lowest BCUT2D eigenvalue weighted by Crippen LogP contribution is -2.36. The summed E-state index contributed by atoms with van der Waals surface area (Å²) in [4.78, 5) is 13.2. The van der Waals surface area contributed by atoms with Gasteiger partial charge in [0.2, 0.25) is 0 Å². The number of hydrogen-bond donors (Lipinski definition) is 1. The lowest BCUT2D eigenvalue weighted by molar-refractivity contribution is -0.137. The average molecular weight is 261 g/mol. The molecule has 0 spiro atoms. The van der Waals surface area contributed by atoms with Crippen molar-refractivity contribution >= 4 is 11.7 Å². The van der Waals surface area contributed by atoms with Crippen LogP contribution in [0.2, 0.25) is 0 Å². The number of nitrogens with zero attached hydrogens (tertiary/aromatic N) is 1. The fourth-order valence-electron chi connectivity index (χ4n) is 3.13. The molecule has 0 aromatic heterocycles. The summed E-state index contributed by atoms with van der Waals surface area (Å²) >= 11 is 0. The van der Waals surface area contributed by atoms with Crippen molar-refractivity contribution in [1.82, 2.24) is 0 Å².